The average Bonchev–Trinajstić information content (AvgIpc) is 3.01. The molecule has 2 N–H and O–H groups in total. The molecule has 132 valence electrons. The molecule has 2 heterocycles. The number of hydrogen-bond donors (Lipinski definition) is 2. The highest BCUT2D eigenvalue weighted by atomic mass is 35.5. The summed E-state index contributed by atoms with van der Waals surface area (Å²) in [4.78, 5) is 26.9. The van der Waals surface area contributed by atoms with Gasteiger partial charge in [0.25, 0.3) is 5.56 Å². The van der Waals surface area contributed by atoms with Gasteiger partial charge in [0.05, 0.1) is 24.1 Å². The molecule has 0 bridgehead atoms. The molecule has 0 amide bonds. The van der Waals surface area contributed by atoms with Gasteiger partial charge in [-0.15, -0.1) is 0 Å². The summed E-state index contributed by atoms with van der Waals surface area (Å²) in [6.07, 6.45) is -0.147. The Balaban J connectivity index is 2.16. The Labute approximate surface area is 148 Å². The SMILES string of the molecule is COC(=O)C[C@H](c1cc(Cl)c2c(c1)OCO2)c1c(O)cc(C)[nH]c1=O. The summed E-state index contributed by atoms with van der Waals surface area (Å²) in [5.74, 6) is -0.671. The molecule has 0 aliphatic carbocycles. The second-order valence-corrected chi connectivity index (χ2v) is 6.06. The number of methoxy groups -OCH3 is 1. The number of aryl methyl sites for hydroxylation is 1. The Bertz CT molecular complexity index is 891. The van der Waals surface area contributed by atoms with Crippen LogP contribution in [-0.4, -0.2) is 30.0 Å². The third-order valence-electron chi connectivity index (χ3n) is 3.98. The molecular formula is C17H16ClNO6. The van der Waals surface area contributed by atoms with Crippen LogP contribution in [-0.2, 0) is 9.53 Å². The van der Waals surface area contributed by atoms with E-state index in [9.17, 15) is 14.7 Å². The highest BCUT2D eigenvalue weighted by molar-refractivity contribution is 6.32. The summed E-state index contributed by atoms with van der Waals surface area (Å²) in [6, 6.07) is 4.65. The number of fused-ring (bicyclic) bond motifs is 1. The molecule has 8 heteroatoms. The minimum Gasteiger partial charge on any atom is -0.507 e. The number of nitrogens with one attached hydrogen (secondary N) is 1. The molecule has 0 saturated carbocycles. The fourth-order valence-corrected chi connectivity index (χ4v) is 3.12. The summed E-state index contributed by atoms with van der Waals surface area (Å²) in [6.45, 7) is 1.69. The van der Waals surface area contributed by atoms with Gasteiger partial charge < -0.3 is 24.3 Å². The summed E-state index contributed by atoms with van der Waals surface area (Å²) in [5, 5.41) is 10.6. The molecule has 1 aliphatic rings. The highest BCUT2D eigenvalue weighted by Gasteiger charge is 2.28. The number of halogens is 1. The summed E-state index contributed by atoms with van der Waals surface area (Å²) in [5.41, 5.74) is 0.613. The Morgan fingerprint density at radius 3 is 2.84 bits per heavy atom. The normalized spacial score (nSPS) is 13.6. The number of ether oxygens (including phenoxy) is 3. The van der Waals surface area contributed by atoms with Crippen LogP contribution in [0.15, 0.2) is 23.0 Å². The molecule has 3 rings (SSSR count). The quantitative estimate of drug-likeness (QED) is 0.808. The fourth-order valence-electron chi connectivity index (χ4n) is 2.84. The molecule has 0 unspecified atom stereocenters. The predicted octanol–water partition coefficient (Wildman–Crippen LogP) is 2.47. The van der Waals surface area contributed by atoms with E-state index in [2.05, 4.69) is 4.98 Å². The molecule has 1 aromatic heterocycles. The number of carbonyl (C=O) groups is 1. The van der Waals surface area contributed by atoms with E-state index in [4.69, 9.17) is 25.8 Å². The van der Waals surface area contributed by atoms with Gasteiger partial charge in [-0.25, -0.2) is 0 Å². The van der Waals surface area contributed by atoms with Crippen LogP contribution >= 0.6 is 11.6 Å². The Morgan fingerprint density at radius 2 is 2.16 bits per heavy atom. The first-order valence-electron chi connectivity index (χ1n) is 7.49. The maximum atomic E-state index is 12.4. The molecule has 2 aromatic rings. The van der Waals surface area contributed by atoms with E-state index in [1.807, 2.05) is 0 Å². The predicted molar refractivity (Wildman–Crippen MR) is 89.5 cm³/mol. The monoisotopic (exact) mass is 365 g/mol. The van der Waals surface area contributed by atoms with Gasteiger partial charge in [0, 0.05) is 11.6 Å². The Kier molecular flexibility index (Phi) is 4.59. The van der Waals surface area contributed by atoms with Gasteiger partial charge >= 0.3 is 5.97 Å². The third kappa shape index (κ3) is 3.28. The molecule has 1 aromatic carbocycles. The molecule has 25 heavy (non-hydrogen) atoms. The smallest absolute Gasteiger partial charge is 0.306 e. The lowest BCUT2D eigenvalue weighted by Gasteiger charge is -2.18. The number of aromatic hydroxyl groups is 1. The lowest BCUT2D eigenvalue weighted by molar-refractivity contribution is -0.140. The molecule has 0 saturated heterocycles. The topological polar surface area (TPSA) is 97.8 Å². The van der Waals surface area contributed by atoms with Crippen molar-refractivity contribution in [1.82, 2.24) is 4.98 Å². The van der Waals surface area contributed by atoms with Crippen LogP contribution in [0.3, 0.4) is 0 Å². The van der Waals surface area contributed by atoms with Gasteiger partial charge in [-0.05, 0) is 30.7 Å². The fraction of sp³-hybridized carbons (Fsp3) is 0.294. The Hall–Kier alpha value is -2.67. The maximum absolute atomic E-state index is 12.4. The zero-order valence-electron chi connectivity index (χ0n) is 13.6. The number of aromatic nitrogens is 1. The molecule has 0 spiro atoms. The van der Waals surface area contributed by atoms with Crippen LogP contribution in [0.2, 0.25) is 5.02 Å². The molecule has 0 fully saturated rings. The second-order valence-electron chi connectivity index (χ2n) is 5.65. The maximum Gasteiger partial charge on any atom is 0.306 e. The first kappa shape index (κ1) is 17.2. The standard InChI is InChI=1S/C17H16ClNO6/c1-8-3-12(20)15(17(22)19-8)10(6-14(21)23-2)9-4-11(18)16-13(5-9)24-7-25-16/h3-5,10H,6-7H2,1-2H3,(H2,19,20,22)/t10-/m1/s1. The van der Waals surface area contributed by atoms with Crippen molar-refractivity contribution >= 4 is 17.6 Å². The molecule has 0 radical (unpaired) electrons. The van der Waals surface area contributed by atoms with Gasteiger partial charge in [-0.3, -0.25) is 9.59 Å². The van der Waals surface area contributed by atoms with Crippen molar-refractivity contribution in [3.8, 4) is 17.2 Å². The molecular weight excluding hydrogens is 350 g/mol. The minimum atomic E-state index is -0.760. The number of pyridine rings is 1. The van der Waals surface area contributed by atoms with E-state index in [1.54, 1.807) is 19.1 Å². The van der Waals surface area contributed by atoms with E-state index in [1.165, 1.54) is 13.2 Å². The van der Waals surface area contributed by atoms with Crippen molar-refractivity contribution in [3.63, 3.8) is 0 Å². The summed E-state index contributed by atoms with van der Waals surface area (Å²) in [7, 11) is 1.26. The lowest BCUT2D eigenvalue weighted by Crippen LogP contribution is -2.20. The van der Waals surface area contributed by atoms with E-state index in [-0.39, 0.29) is 24.5 Å². The number of hydrogen-bond acceptors (Lipinski definition) is 6. The minimum absolute atomic E-state index is 0.0382. The first-order valence-corrected chi connectivity index (χ1v) is 7.87. The van der Waals surface area contributed by atoms with Crippen molar-refractivity contribution in [1.29, 1.82) is 0 Å². The number of carbonyl (C=O) groups excluding carboxylic acids is 1. The number of H-pyrrole nitrogens is 1. The van der Waals surface area contributed by atoms with Gasteiger partial charge in [0.2, 0.25) is 6.79 Å². The van der Waals surface area contributed by atoms with Crippen molar-refractivity contribution in [2.24, 2.45) is 0 Å². The van der Waals surface area contributed by atoms with Crippen LogP contribution in [0.5, 0.6) is 17.2 Å². The average molecular weight is 366 g/mol. The van der Waals surface area contributed by atoms with Crippen LogP contribution in [0.1, 0.15) is 29.2 Å². The van der Waals surface area contributed by atoms with Crippen LogP contribution in [0.25, 0.3) is 0 Å². The van der Waals surface area contributed by atoms with Gasteiger partial charge in [-0.2, -0.15) is 0 Å². The lowest BCUT2D eigenvalue weighted by atomic mass is 9.88. The zero-order valence-corrected chi connectivity index (χ0v) is 14.3. The molecule has 1 atom stereocenters. The van der Waals surface area contributed by atoms with E-state index >= 15 is 0 Å². The van der Waals surface area contributed by atoms with E-state index in [0.717, 1.165) is 0 Å². The van der Waals surface area contributed by atoms with Gasteiger partial charge in [-0.1, -0.05) is 11.6 Å². The second kappa shape index (κ2) is 6.68. The molecule has 1 aliphatic heterocycles. The zero-order chi connectivity index (χ0) is 18.1. The van der Waals surface area contributed by atoms with Crippen molar-refractivity contribution < 1.29 is 24.1 Å². The van der Waals surface area contributed by atoms with E-state index in [0.29, 0.717) is 27.8 Å². The van der Waals surface area contributed by atoms with Crippen molar-refractivity contribution in [2.45, 2.75) is 19.3 Å². The number of rotatable bonds is 4. The number of esters is 1. The van der Waals surface area contributed by atoms with Crippen LogP contribution < -0.4 is 15.0 Å². The summed E-state index contributed by atoms with van der Waals surface area (Å²) >= 11 is 6.21. The van der Waals surface area contributed by atoms with Crippen LogP contribution in [0.4, 0.5) is 0 Å². The largest absolute Gasteiger partial charge is 0.507 e. The third-order valence-corrected chi connectivity index (χ3v) is 4.26. The first-order chi connectivity index (χ1) is 11.9. The van der Waals surface area contributed by atoms with Gasteiger partial charge in [0.15, 0.2) is 11.5 Å². The van der Waals surface area contributed by atoms with Crippen molar-refractivity contribution in [2.75, 3.05) is 13.9 Å². The molecule has 7 nitrogen and oxygen atoms in total. The summed E-state index contributed by atoms with van der Waals surface area (Å²) < 4.78 is 15.3. The Morgan fingerprint density at radius 1 is 1.40 bits per heavy atom. The number of aromatic amines is 1. The van der Waals surface area contributed by atoms with Crippen molar-refractivity contribution in [3.05, 3.63) is 50.4 Å². The van der Waals surface area contributed by atoms with Gasteiger partial charge in [0.1, 0.15) is 5.75 Å². The highest BCUT2D eigenvalue weighted by Crippen LogP contribution is 2.43. The number of benzene rings is 1. The van der Waals surface area contributed by atoms with Crippen LogP contribution in [0, 0.1) is 6.92 Å². The van der Waals surface area contributed by atoms with E-state index < -0.39 is 17.4 Å².